The highest BCUT2D eigenvalue weighted by Gasteiger charge is 2.06. The van der Waals surface area contributed by atoms with Crippen molar-refractivity contribution in [3.05, 3.63) is 54.4 Å². The molecule has 3 N–H and O–H groups in total. The molecular formula is C19H22ClN5O2. The zero-order valence-corrected chi connectivity index (χ0v) is 16.0. The topological polar surface area (TPSA) is 88.2 Å². The van der Waals surface area contributed by atoms with Gasteiger partial charge in [-0.15, -0.1) is 12.4 Å². The van der Waals surface area contributed by atoms with E-state index in [0.29, 0.717) is 24.8 Å². The summed E-state index contributed by atoms with van der Waals surface area (Å²) < 4.78 is 5.06. The van der Waals surface area contributed by atoms with Crippen molar-refractivity contribution < 1.29 is 9.53 Å². The third kappa shape index (κ3) is 5.21. The maximum atomic E-state index is 11.6. The van der Waals surface area contributed by atoms with Crippen LogP contribution in [0.1, 0.15) is 12.5 Å². The van der Waals surface area contributed by atoms with Gasteiger partial charge in [-0.05, 0) is 30.0 Å². The number of carbonyl (C=O) groups excluding carboxylic acids is 1. The summed E-state index contributed by atoms with van der Waals surface area (Å²) in [6.07, 6.45) is 3.51. The fourth-order valence-corrected chi connectivity index (χ4v) is 2.58. The number of halogens is 1. The van der Waals surface area contributed by atoms with Crippen molar-refractivity contribution in [1.29, 1.82) is 0 Å². The number of hydrogen-bond acceptors (Lipinski definition) is 5. The van der Waals surface area contributed by atoms with Gasteiger partial charge in [0.05, 0.1) is 19.0 Å². The van der Waals surface area contributed by atoms with Crippen LogP contribution in [0, 0.1) is 0 Å². The quantitative estimate of drug-likeness (QED) is 0.598. The number of pyridine rings is 2. The first-order valence-corrected chi connectivity index (χ1v) is 8.36. The number of rotatable bonds is 6. The van der Waals surface area contributed by atoms with Crippen LogP contribution >= 0.6 is 12.4 Å². The van der Waals surface area contributed by atoms with E-state index >= 15 is 0 Å². The minimum Gasteiger partial charge on any atom is -0.481 e. The lowest BCUT2D eigenvalue weighted by Crippen LogP contribution is -2.28. The molecule has 0 aliphatic carbocycles. The highest BCUT2D eigenvalue weighted by Crippen LogP contribution is 2.22. The Labute approximate surface area is 164 Å². The molecule has 0 atom stereocenters. The Balaban J connectivity index is 0.00000261. The van der Waals surface area contributed by atoms with E-state index in [9.17, 15) is 4.79 Å². The van der Waals surface area contributed by atoms with E-state index in [0.717, 1.165) is 22.0 Å². The summed E-state index contributed by atoms with van der Waals surface area (Å²) in [6, 6.07) is 11.4. The highest BCUT2D eigenvalue weighted by atomic mass is 35.5. The lowest BCUT2D eigenvalue weighted by atomic mass is 10.1. The van der Waals surface area contributed by atoms with E-state index in [1.807, 2.05) is 43.3 Å². The van der Waals surface area contributed by atoms with Gasteiger partial charge in [0.2, 0.25) is 5.88 Å². The molecule has 0 aliphatic heterocycles. The van der Waals surface area contributed by atoms with Crippen LogP contribution in [0.5, 0.6) is 5.88 Å². The standard InChI is InChI=1S/C19H21N5O2.ClH/c1-3-20-19(25)24-17-9-13-5-4-6-14(16(13)12-22-17)10-21-15-7-8-18(26-2)23-11-15;/h4-9,11-12,21H,3,10H2,1-2H3,(H2,20,22,24,25);1H. The Morgan fingerprint density at radius 3 is 2.70 bits per heavy atom. The van der Waals surface area contributed by atoms with Gasteiger partial charge in [-0.1, -0.05) is 18.2 Å². The first-order valence-electron chi connectivity index (χ1n) is 8.36. The molecule has 0 aliphatic rings. The van der Waals surface area contributed by atoms with E-state index in [2.05, 4.69) is 25.9 Å². The van der Waals surface area contributed by atoms with E-state index in [1.165, 1.54) is 0 Å². The number of carbonyl (C=O) groups is 1. The zero-order chi connectivity index (χ0) is 18.4. The van der Waals surface area contributed by atoms with E-state index in [4.69, 9.17) is 4.74 Å². The Kier molecular flexibility index (Phi) is 7.19. The largest absolute Gasteiger partial charge is 0.481 e. The number of anilines is 2. The molecule has 2 heterocycles. The van der Waals surface area contributed by atoms with Gasteiger partial charge in [-0.3, -0.25) is 5.32 Å². The molecule has 142 valence electrons. The van der Waals surface area contributed by atoms with Gasteiger partial charge in [-0.2, -0.15) is 0 Å². The number of benzene rings is 1. The predicted octanol–water partition coefficient (Wildman–Crippen LogP) is 3.81. The molecule has 3 aromatic rings. The summed E-state index contributed by atoms with van der Waals surface area (Å²) in [4.78, 5) is 20.2. The molecule has 0 saturated heterocycles. The second-order valence-electron chi connectivity index (χ2n) is 5.64. The number of amides is 2. The molecule has 0 spiro atoms. The van der Waals surface area contributed by atoms with Crippen LogP contribution in [0.25, 0.3) is 10.8 Å². The third-order valence-electron chi connectivity index (χ3n) is 3.86. The third-order valence-corrected chi connectivity index (χ3v) is 3.86. The van der Waals surface area contributed by atoms with Crippen molar-refractivity contribution in [3.8, 4) is 5.88 Å². The van der Waals surface area contributed by atoms with Crippen LogP contribution in [0.4, 0.5) is 16.3 Å². The lowest BCUT2D eigenvalue weighted by molar-refractivity contribution is 0.252. The van der Waals surface area contributed by atoms with Gasteiger partial charge in [0.15, 0.2) is 0 Å². The van der Waals surface area contributed by atoms with E-state index < -0.39 is 0 Å². The summed E-state index contributed by atoms with van der Waals surface area (Å²) in [5, 5.41) is 10.8. The normalized spacial score (nSPS) is 10.0. The lowest BCUT2D eigenvalue weighted by Gasteiger charge is -2.11. The number of methoxy groups -OCH3 is 1. The molecule has 0 fully saturated rings. The summed E-state index contributed by atoms with van der Waals surface area (Å²) in [7, 11) is 1.59. The molecule has 0 saturated carbocycles. The molecule has 2 aromatic heterocycles. The molecule has 3 rings (SSSR count). The van der Waals surface area contributed by atoms with Crippen LogP contribution in [0.3, 0.4) is 0 Å². The fourth-order valence-electron chi connectivity index (χ4n) is 2.58. The first-order chi connectivity index (χ1) is 12.7. The van der Waals surface area contributed by atoms with Gasteiger partial charge in [-0.25, -0.2) is 14.8 Å². The SMILES string of the molecule is CCNC(=O)Nc1cc2cccc(CNc3ccc(OC)nc3)c2cn1.Cl. The smallest absolute Gasteiger partial charge is 0.320 e. The van der Waals surface area contributed by atoms with Crippen molar-refractivity contribution in [2.24, 2.45) is 0 Å². The number of hydrogen-bond donors (Lipinski definition) is 3. The average Bonchev–Trinajstić information content (AvgIpc) is 2.66. The predicted molar refractivity (Wildman–Crippen MR) is 110 cm³/mol. The van der Waals surface area contributed by atoms with Gasteiger partial charge < -0.3 is 15.4 Å². The molecule has 0 bridgehead atoms. The van der Waals surface area contributed by atoms with Gasteiger partial charge in [0.1, 0.15) is 5.82 Å². The molecule has 8 heteroatoms. The molecule has 0 unspecified atom stereocenters. The van der Waals surface area contributed by atoms with Crippen LogP contribution < -0.4 is 20.7 Å². The molecule has 7 nitrogen and oxygen atoms in total. The summed E-state index contributed by atoms with van der Waals surface area (Å²) in [6.45, 7) is 3.07. The van der Waals surface area contributed by atoms with Crippen molar-refractivity contribution >= 4 is 40.7 Å². The number of ether oxygens (including phenoxy) is 1. The second kappa shape index (κ2) is 9.59. The van der Waals surface area contributed by atoms with Crippen molar-refractivity contribution in [3.63, 3.8) is 0 Å². The molecule has 0 radical (unpaired) electrons. The van der Waals surface area contributed by atoms with Crippen molar-refractivity contribution in [1.82, 2.24) is 15.3 Å². The molecule has 27 heavy (non-hydrogen) atoms. The van der Waals surface area contributed by atoms with Crippen LogP contribution in [-0.2, 0) is 6.54 Å². The molecule has 1 aromatic carbocycles. The number of nitrogens with zero attached hydrogens (tertiary/aromatic N) is 2. The highest BCUT2D eigenvalue weighted by molar-refractivity contribution is 5.92. The maximum Gasteiger partial charge on any atom is 0.320 e. The number of fused-ring (bicyclic) bond motifs is 1. The Hall–Kier alpha value is -3.06. The van der Waals surface area contributed by atoms with Crippen molar-refractivity contribution in [2.45, 2.75) is 13.5 Å². The van der Waals surface area contributed by atoms with Crippen molar-refractivity contribution in [2.75, 3.05) is 24.3 Å². The number of aromatic nitrogens is 2. The Bertz CT molecular complexity index is 902. The summed E-state index contributed by atoms with van der Waals surface area (Å²) in [5.74, 6) is 1.10. The monoisotopic (exact) mass is 387 g/mol. The zero-order valence-electron chi connectivity index (χ0n) is 15.2. The fraction of sp³-hybridized carbons (Fsp3) is 0.211. The van der Waals surface area contributed by atoms with Crippen LogP contribution in [-0.4, -0.2) is 29.7 Å². The minimum absolute atomic E-state index is 0. The number of nitrogens with one attached hydrogen (secondary N) is 3. The van der Waals surface area contributed by atoms with Gasteiger partial charge in [0.25, 0.3) is 0 Å². The number of urea groups is 1. The Morgan fingerprint density at radius 1 is 1.15 bits per heavy atom. The maximum absolute atomic E-state index is 11.6. The van der Waals surface area contributed by atoms with E-state index in [1.54, 1.807) is 19.5 Å². The minimum atomic E-state index is -0.260. The molecular weight excluding hydrogens is 366 g/mol. The molecule has 2 amide bonds. The summed E-state index contributed by atoms with van der Waals surface area (Å²) >= 11 is 0. The van der Waals surface area contributed by atoms with Crippen LogP contribution in [0.2, 0.25) is 0 Å². The van der Waals surface area contributed by atoms with Gasteiger partial charge >= 0.3 is 6.03 Å². The van der Waals surface area contributed by atoms with Crippen LogP contribution in [0.15, 0.2) is 48.8 Å². The summed E-state index contributed by atoms with van der Waals surface area (Å²) in [5.41, 5.74) is 2.01. The average molecular weight is 388 g/mol. The second-order valence-corrected chi connectivity index (χ2v) is 5.64. The Morgan fingerprint density at radius 2 is 2.00 bits per heavy atom. The first kappa shape index (κ1) is 20.3. The van der Waals surface area contributed by atoms with E-state index in [-0.39, 0.29) is 18.4 Å². The van der Waals surface area contributed by atoms with Gasteiger partial charge in [0, 0.05) is 30.7 Å².